The number of hydrogen-bond acceptors (Lipinski definition) is 7. The Balaban J connectivity index is 1.41. The van der Waals surface area contributed by atoms with Gasteiger partial charge in [-0.25, -0.2) is 9.97 Å². The molecule has 0 saturated carbocycles. The first-order valence-corrected chi connectivity index (χ1v) is 8.93. The minimum Gasteiger partial charge on any atom is -0.485 e. The highest BCUT2D eigenvalue weighted by molar-refractivity contribution is 6.00. The molecule has 1 atom stereocenters. The number of carbonyl (C=O) groups is 2. The van der Waals surface area contributed by atoms with Gasteiger partial charge in [0.1, 0.15) is 18.8 Å². The topological polar surface area (TPSA) is 106 Å². The van der Waals surface area contributed by atoms with Gasteiger partial charge in [0.2, 0.25) is 6.10 Å². The fraction of sp³-hybridized carbons (Fsp3) is 0.200. The molecule has 2 aromatic carbocycles. The van der Waals surface area contributed by atoms with Crippen LogP contribution in [0.3, 0.4) is 0 Å². The highest BCUT2D eigenvalue weighted by Crippen LogP contribution is 2.30. The van der Waals surface area contributed by atoms with Gasteiger partial charge in [-0.15, -0.1) is 0 Å². The highest BCUT2D eigenvalue weighted by atomic mass is 16.6. The second-order valence-electron chi connectivity index (χ2n) is 6.63. The maximum atomic E-state index is 12.4. The van der Waals surface area contributed by atoms with Crippen LogP contribution in [-0.2, 0) is 4.79 Å². The zero-order valence-electron chi connectivity index (χ0n) is 15.9. The Hall–Kier alpha value is -3.88. The normalized spacial score (nSPS) is 14.9. The first-order chi connectivity index (χ1) is 14.0. The fourth-order valence-electron chi connectivity index (χ4n) is 2.96. The van der Waals surface area contributed by atoms with Crippen molar-refractivity contribution < 1.29 is 19.1 Å². The maximum Gasteiger partial charge on any atom is 0.283 e. The number of fused-ring (bicyclic) bond motifs is 2. The van der Waals surface area contributed by atoms with E-state index in [0.29, 0.717) is 22.6 Å². The number of para-hydroxylation sites is 2. The number of nitrogens with one attached hydrogen (secondary N) is 2. The van der Waals surface area contributed by atoms with Gasteiger partial charge in [-0.3, -0.25) is 20.4 Å². The van der Waals surface area contributed by atoms with Crippen molar-refractivity contribution in [3.63, 3.8) is 0 Å². The molecule has 0 radical (unpaired) electrons. The number of hydrazine groups is 1. The third kappa shape index (κ3) is 3.75. The van der Waals surface area contributed by atoms with Gasteiger partial charge in [0, 0.05) is 25.0 Å². The van der Waals surface area contributed by atoms with Crippen molar-refractivity contribution in [3.05, 3.63) is 54.4 Å². The second-order valence-corrected chi connectivity index (χ2v) is 6.63. The first-order valence-electron chi connectivity index (χ1n) is 8.93. The van der Waals surface area contributed by atoms with E-state index >= 15 is 0 Å². The Morgan fingerprint density at radius 3 is 2.66 bits per heavy atom. The average Bonchev–Trinajstić information content (AvgIpc) is 2.75. The molecule has 9 nitrogen and oxygen atoms in total. The average molecular weight is 393 g/mol. The lowest BCUT2D eigenvalue weighted by atomic mass is 10.1. The molecule has 2 heterocycles. The molecule has 1 aliphatic heterocycles. The lowest BCUT2D eigenvalue weighted by Crippen LogP contribution is -2.50. The number of nitrogens with zero attached hydrogens (tertiary/aromatic N) is 3. The Kier molecular flexibility index (Phi) is 4.86. The number of carbonyl (C=O) groups excluding carboxylic acids is 2. The summed E-state index contributed by atoms with van der Waals surface area (Å²) < 4.78 is 11.1. The molecular formula is C20H19N5O4. The zero-order chi connectivity index (χ0) is 20.4. The van der Waals surface area contributed by atoms with Gasteiger partial charge < -0.3 is 14.4 Å². The van der Waals surface area contributed by atoms with E-state index < -0.39 is 17.9 Å². The van der Waals surface area contributed by atoms with Gasteiger partial charge in [-0.05, 0) is 30.3 Å². The van der Waals surface area contributed by atoms with Crippen molar-refractivity contribution in [1.29, 1.82) is 0 Å². The van der Waals surface area contributed by atoms with E-state index in [1.165, 1.54) is 6.33 Å². The Morgan fingerprint density at radius 1 is 1.07 bits per heavy atom. The van der Waals surface area contributed by atoms with Crippen LogP contribution < -0.4 is 25.2 Å². The third-order valence-electron chi connectivity index (χ3n) is 4.40. The summed E-state index contributed by atoms with van der Waals surface area (Å²) in [5, 5.41) is 0.824. The third-order valence-corrected chi connectivity index (χ3v) is 4.40. The molecule has 1 aliphatic rings. The van der Waals surface area contributed by atoms with Crippen LogP contribution in [-0.4, -0.2) is 48.6 Å². The molecule has 4 rings (SSSR count). The molecule has 0 unspecified atom stereocenters. The molecular weight excluding hydrogens is 374 g/mol. The summed E-state index contributed by atoms with van der Waals surface area (Å²) in [6.07, 6.45) is 0.580. The van der Waals surface area contributed by atoms with E-state index in [2.05, 4.69) is 20.8 Å². The van der Waals surface area contributed by atoms with Gasteiger partial charge in [0.25, 0.3) is 11.8 Å². The SMILES string of the molecule is CN(C)c1ncnc2cc(C(=O)NNC(=O)[C@@H]3COc4ccccc4O3)ccc12. The van der Waals surface area contributed by atoms with Gasteiger partial charge in [0.15, 0.2) is 11.5 Å². The number of aromatic nitrogens is 2. The molecule has 0 bridgehead atoms. The van der Waals surface area contributed by atoms with Crippen LogP contribution in [0, 0.1) is 0 Å². The van der Waals surface area contributed by atoms with Crippen LogP contribution >= 0.6 is 0 Å². The summed E-state index contributed by atoms with van der Waals surface area (Å²) in [7, 11) is 3.76. The van der Waals surface area contributed by atoms with E-state index in [1.54, 1.807) is 36.4 Å². The summed E-state index contributed by atoms with van der Waals surface area (Å²) in [6, 6.07) is 12.1. The van der Waals surface area contributed by atoms with Crippen LogP contribution in [0.2, 0.25) is 0 Å². The Labute approximate surface area is 166 Å². The van der Waals surface area contributed by atoms with Gasteiger partial charge in [-0.2, -0.15) is 0 Å². The molecule has 29 heavy (non-hydrogen) atoms. The van der Waals surface area contributed by atoms with Crippen LogP contribution in [0.5, 0.6) is 11.5 Å². The Morgan fingerprint density at radius 2 is 1.86 bits per heavy atom. The number of rotatable bonds is 3. The summed E-state index contributed by atoms with van der Waals surface area (Å²) in [5.74, 6) is 0.838. The van der Waals surface area contributed by atoms with E-state index in [4.69, 9.17) is 9.47 Å². The fourth-order valence-corrected chi connectivity index (χ4v) is 2.96. The summed E-state index contributed by atoms with van der Waals surface area (Å²) >= 11 is 0. The molecule has 1 aromatic heterocycles. The molecule has 3 aromatic rings. The van der Waals surface area contributed by atoms with Gasteiger partial charge in [-0.1, -0.05) is 12.1 Å². The predicted octanol–water partition coefficient (Wildman–Crippen LogP) is 1.30. The molecule has 148 valence electrons. The largest absolute Gasteiger partial charge is 0.485 e. The van der Waals surface area contributed by atoms with E-state index in [9.17, 15) is 9.59 Å². The van der Waals surface area contributed by atoms with Crippen LogP contribution in [0.1, 0.15) is 10.4 Å². The van der Waals surface area contributed by atoms with Crippen molar-refractivity contribution >= 4 is 28.5 Å². The van der Waals surface area contributed by atoms with Crippen molar-refractivity contribution in [2.75, 3.05) is 25.6 Å². The minimum atomic E-state index is -0.864. The second kappa shape index (κ2) is 7.63. The summed E-state index contributed by atoms with van der Waals surface area (Å²) in [4.78, 5) is 35.1. The smallest absolute Gasteiger partial charge is 0.283 e. The van der Waals surface area contributed by atoms with Crippen LogP contribution in [0.25, 0.3) is 10.9 Å². The summed E-state index contributed by atoms with van der Waals surface area (Å²) in [6.45, 7) is 0.0545. The molecule has 0 spiro atoms. The number of benzene rings is 2. The molecule has 2 amide bonds. The maximum absolute atomic E-state index is 12.4. The molecule has 0 aliphatic carbocycles. The monoisotopic (exact) mass is 393 g/mol. The molecule has 0 fully saturated rings. The van der Waals surface area contributed by atoms with Crippen molar-refractivity contribution in [2.45, 2.75) is 6.10 Å². The van der Waals surface area contributed by atoms with E-state index in [1.807, 2.05) is 25.1 Å². The number of ether oxygens (including phenoxy) is 2. The van der Waals surface area contributed by atoms with Crippen molar-refractivity contribution in [1.82, 2.24) is 20.8 Å². The predicted molar refractivity (Wildman–Crippen MR) is 106 cm³/mol. The van der Waals surface area contributed by atoms with Crippen LogP contribution in [0.15, 0.2) is 48.8 Å². The molecule has 2 N–H and O–H groups in total. The minimum absolute atomic E-state index is 0.0545. The first kappa shape index (κ1) is 18.5. The highest BCUT2D eigenvalue weighted by Gasteiger charge is 2.27. The molecule has 9 heteroatoms. The van der Waals surface area contributed by atoms with E-state index in [0.717, 1.165) is 11.2 Å². The number of anilines is 1. The summed E-state index contributed by atoms with van der Waals surface area (Å²) in [5.41, 5.74) is 5.75. The number of amides is 2. The van der Waals surface area contributed by atoms with Crippen molar-refractivity contribution in [2.24, 2.45) is 0 Å². The lowest BCUT2D eigenvalue weighted by Gasteiger charge is -2.25. The Bertz CT molecular complexity index is 1090. The van der Waals surface area contributed by atoms with Crippen LogP contribution in [0.4, 0.5) is 5.82 Å². The van der Waals surface area contributed by atoms with Gasteiger partial charge >= 0.3 is 0 Å². The number of hydrogen-bond donors (Lipinski definition) is 2. The zero-order valence-corrected chi connectivity index (χ0v) is 15.9. The van der Waals surface area contributed by atoms with E-state index in [-0.39, 0.29) is 6.61 Å². The quantitative estimate of drug-likeness (QED) is 0.646. The van der Waals surface area contributed by atoms with Crippen molar-refractivity contribution in [3.8, 4) is 11.5 Å². The standard InChI is InChI=1S/C20H19N5O4/c1-25(2)18-13-8-7-12(9-14(13)21-11-22-18)19(26)23-24-20(27)17-10-28-15-5-3-4-6-16(15)29-17/h3-9,11,17H,10H2,1-2H3,(H,23,26)(H,24,27)/t17-/m0/s1. The van der Waals surface area contributed by atoms with Gasteiger partial charge in [0.05, 0.1) is 5.52 Å². The molecule has 0 saturated heterocycles. The lowest BCUT2D eigenvalue weighted by molar-refractivity contribution is -0.131.